The maximum absolute atomic E-state index is 12.3. The molecule has 1 aromatic carbocycles. The zero-order valence-electron chi connectivity index (χ0n) is 13.2. The molecule has 2 saturated carbocycles. The van der Waals surface area contributed by atoms with Gasteiger partial charge in [0.25, 0.3) is 5.91 Å². The second-order valence-electron chi connectivity index (χ2n) is 6.85. The van der Waals surface area contributed by atoms with Gasteiger partial charge in [0.05, 0.1) is 0 Å². The van der Waals surface area contributed by atoms with Crippen molar-refractivity contribution < 1.29 is 9.53 Å². The summed E-state index contributed by atoms with van der Waals surface area (Å²) in [5.41, 5.74) is 0. The van der Waals surface area contributed by atoms with Gasteiger partial charge in [-0.2, -0.15) is 0 Å². The van der Waals surface area contributed by atoms with Crippen molar-refractivity contribution in [2.24, 2.45) is 17.8 Å². The van der Waals surface area contributed by atoms with Crippen molar-refractivity contribution in [1.29, 1.82) is 0 Å². The van der Waals surface area contributed by atoms with Crippen LogP contribution in [0.5, 0.6) is 5.75 Å². The highest BCUT2D eigenvalue weighted by Gasteiger charge is 2.42. The third-order valence-electron chi connectivity index (χ3n) is 5.28. The lowest BCUT2D eigenvalue weighted by Gasteiger charge is -2.29. The average Bonchev–Trinajstić information content (AvgIpc) is 3.09. The lowest BCUT2D eigenvalue weighted by Crippen LogP contribution is -2.45. The van der Waals surface area contributed by atoms with Crippen LogP contribution in [0.2, 0.25) is 5.02 Å². The topological polar surface area (TPSA) is 38.3 Å². The highest BCUT2D eigenvalue weighted by Crippen LogP contribution is 2.49. The molecule has 2 aliphatic carbocycles. The number of fused-ring (bicyclic) bond motifs is 2. The summed E-state index contributed by atoms with van der Waals surface area (Å²) in [5, 5.41) is 3.76. The minimum absolute atomic E-state index is 0.0461. The molecule has 0 aliphatic heterocycles. The molecule has 22 heavy (non-hydrogen) atoms. The van der Waals surface area contributed by atoms with Gasteiger partial charge < -0.3 is 10.1 Å². The Hall–Kier alpha value is -1.22. The predicted octanol–water partition coefficient (Wildman–Crippen LogP) is 4.05. The summed E-state index contributed by atoms with van der Waals surface area (Å²) in [7, 11) is 0. The van der Waals surface area contributed by atoms with Crippen molar-refractivity contribution in [3.8, 4) is 5.75 Å². The van der Waals surface area contributed by atoms with Crippen LogP contribution >= 0.6 is 11.6 Å². The second-order valence-corrected chi connectivity index (χ2v) is 7.29. The minimum atomic E-state index is -0.514. The predicted molar refractivity (Wildman–Crippen MR) is 88.1 cm³/mol. The molecular formula is C18H24ClNO2. The van der Waals surface area contributed by atoms with Gasteiger partial charge in [-0.05, 0) is 69.1 Å². The van der Waals surface area contributed by atoms with E-state index in [9.17, 15) is 4.79 Å². The third-order valence-corrected chi connectivity index (χ3v) is 5.52. The van der Waals surface area contributed by atoms with Crippen LogP contribution in [0.1, 0.15) is 39.5 Å². The first-order chi connectivity index (χ1) is 10.5. The van der Waals surface area contributed by atoms with E-state index in [0.717, 1.165) is 11.8 Å². The van der Waals surface area contributed by atoms with E-state index in [-0.39, 0.29) is 11.9 Å². The summed E-state index contributed by atoms with van der Waals surface area (Å²) < 4.78 is 5.69. The Balaban J connectivity index is 1.52. The van der Waals surface area contributed by atoms with Gasteiger partial charge in [0.1, 0.15) is 5.75 Å². The molecule has 1 N–H and O–H groups in total. The molecule has 1 aromatic rings. The van der Waals surface area contributed by atoms with E-state index in [1.54, 1.807) is 19.1 Å². The molecule has 120 valence electrons. The molecule has 2 aliphatic rings. The number of ether oxygens (including phenoxy) is 1. The van der Waals surface area contributed by atoms with Crippen LogP contribution in [0.3, 0.4) is 0 Å². The number of hydrogen-bond donors (Lipinski definition) is 1. The molecule has 3 rings (SSSR count). The van der Waals surface area contributed by atoms with Crippen molar-refractivity contribution in [2.75, 3.05) is 0 Å². The summed E-state index contributed by atoms with van der Waals surface area (Å²) >= 11 is 5.93. The molecule has 0 heterocycles. The lowest BCUT2D eigenvalue weighted by atomic mass is 9.84. The molecule has 1 amide bonds. The number of amides is 1. The Kier molecular flexibility index (Phi) is 4.62. The van der Waals surface area contributed by atoms with Crippen molar-refractivity contribution in [1.82, 2.24) is 5.32 Å². The zero-order valence-corrected chi connectivity index (χ0v) is 14.0. The zero-order chi connectivity index (χ0) is 15.7. The second kappa shape index (κ2) is 6.49. The van der Waals surface area contributed by atoms with Crippen LogP contribution in [0, 0.1) is 17.8 Å². The summed E-state index contributed by atoms with van der Waals surface area (Å²) in [6.07, 6.45) is 4.84. The Morgan fingerprint density at radius 2 is 2.14 bits per heavy atom. The highest BCUT2D eigenvalue weighted by molar-refractivity contribution is 6.30. The van der Waals surface area contributed by atoms with Gasteiger partial charge in [-0.3, -0.25) is 4.79 Å². The Morgan fingerprint density at radius 3 is 2.77 bits per heavy atom. The fraction of sp³-hybridized carbons (Fsp3) is 0.611. The first-order valence-corrected chi connectivity index (χ1v) is 8.63. The molecule has 3 nitrogen and oxygen atoms in total. The van der Waals surface area contributed by atoms with E-state index >= 15 is 0 Å². The van der Waals surface area contributed by atoms with Gasteiger partial charge in [-0.25, -0.2) is 0 Å². The fourth-order valence-electron chi connectivity index (χ4n) is 4.15. The van der Waals surface area contributed by atoms with Gasteiger partial charge >= 0.3 is 0 Å². The molecule has 0 saturated heterocycles. The monoisotopic (exact) mass is 321 g/mol. The minimum Gasteiger partial charge on any atom is -0.481 e. The average molecular weight is 322 g/mol. The van der Waals surface area contributed by atoms with E-state index in [2.05, 4.69) is 12.2 Å². The van der Waals surface area contributed by atoms with E-state index in [0.29, 0.717) is 16.7 Å². The Labute approximate surface area is 137 Å². The van der Waals surface area contributed by atoms with E-state index in [4.69, 9.17) is 16.3 Å². The largest absolute Gasteiger partial charge is 0.481 e. The Morgan fingerprint density at radius 1 is 1.32 bits per heavy atom. The van der Waals surface area contributed by atoms with Crippen LogP contribution in [0.25, 0.3) is 0 Å². The molecule has 2 bridgehead atoms. The molecule has 0 radical (unpaired) electrons. The smallest absolute Gasteiger partial charge is 0.260 e. The molecule has 0 unspecified atom stereocenters. The Bertz CT molecular complexity index is 548. The van der Waals surface area contributed by atoms with Crippen molar-refractivity contribution in [3.63, 3.8) is 0 Å². The summed E-state index contributed by atoms with van der Waals surface area (Å²) in [4.78, 5) is 12.3. The number of rotatable bonds is 5. The molecular weight excluding hydrogens is 298 g/mol. The summed E-state index contributed by atoms with van der Waals surface area (Å²) in [5.74, 6) is 2.93. The normalized spacial score (nSPS) is 29.1. The fourth-order valence-corrected chi connectivity index (χ4v) is 4.33. The standard InChI is InChI=1S/C18H24ClNO2/c1-11(17-9-13-6-7-14(17)8-13)20-18(21)12(2)22-16-5-3-4-15(19)10-16/h3-5,10-14,17H,6-9H2,1-2H3,(H,20,21)/t11-,12-,13-,14-,17-/m0/s1. The highest BCUT2D eigenvalue weighted by atomic mass is 35.5. The quantitative estimate of drug-likeness (QED) is 0.888. The molecule has 2 fully saturated rings. The number of carbonyl (C=O) groups is 1. The van der Waals surface area contributed by atoms with Crippen LogP contribution in [-0.2, 0) is 4.79 Å². The number of hydrogen-bond acceptors (Lipinski definition) is 2. The van der Waals surface area contributed by atoms with Crippen LogP contribution in [0.15, 0.2) is 24.3 Å². The maximum Gasteiger partial charge on any atom is 0.260 e. The van der Waals surface area contributed by atoms with E-state index < -0.39 is 6.10 Å². The van der Waals surface area contributed by atoms with Gasteiger partial charge in [0.2, 0.25) is 0 Å². The first-order valence-electron chi connectivity index (χ1n) is 8.25. The van der Waals surface area contributed by atoms with Gasteiger partial charge in [0, 0.05) is 11.1 Å². The van der Waals surface area contributed by atoms with Crippen molar-refractivity contribution in [3.05, 3.63) is 29.3 Å². The number of carbonyl (C=O) groups excluding carboxylic acids is 1. The van der Waals surface area contributed by atoms with Gasteiger partial charge in [0.15, 0.2) is 6.10 Å². The van der Waals surface area contributed by atoms with Crippen molar-refractivity contribution >= 4 is 17.5 Å². The van der Waals surface area contributed by atoms with E-state index in [1.165, 1.54) is 25.7 Å². The maximum atomic E-state index is 12.3. The third kappa shape index (κ3) is 3.40. The first kappa shape index (κ1) is 15.7. The number of nitrogens with one attached hydrogen (secondary N) is 1. The van der Waals surface area contributed by atoms with Crippen molar-refractivity contribution in [2.45, 2.75) is 51.7 Å². The number of benzene rings is 1. The van der Waals surface area contributed by atoms with Crippen LogP contribution in [0.4, 0.5) is 0 Å². The van der Waals surface area contributed by atoms with Crippen LogP contribution in [-0.4, -0.2) is 18.1 Å². The SMILES string of the molecule is C[C@H](Oc1cccc(Cl)c1)C(=O)N[C@@H](C)[C@@H]1C[C@H]2CC[C@H]1C2. The molecule has 5 atom stereocenters. The van der Waals surface area contributed by atoms with Gasteiger partial charge in [-0.1, -0.05) is 24.1 Å². The summed E-state index contributed by atoms with van der Waals surface area (Å²) in [6.45, 7) is 3.92. The summed E-state index contributed by atoms with van der Waals surface area (Å²) in [6, 6.07) is 7.38. The molecule has 0 aromatic heterocycles. The lowest BCUT2D eigenvalue weighted by molar-refractivity contribution is -0.128. The molecule has 0 spiro atoms. The van der Waals surface area contributed by atoms with Crippen LogP contribution < -0.4 is 10.1 Å². The molecule has 4 heteroatoms. The van der Waals surface area contributed by atoms with E-state index in [1.807, 2.05) is 12.1 Å². The van der Waals surface area contributed by atoms with Gasteiger partial charge in [-0.15, -0.1) is 0 Å². The number of halogens is 1.